The lowest BCUT2D eigenvalue weighted by atomic mass is 10.2. The Bertz CT molecular complexity index is 626. The highest BCUT2D eigenvalue weighted by atomic mass is 19.3. The number of nitrogens with one attached hydrogen (secondary N) is 2. The molecule has 1 aliphatic heterocycles. The normalized spacial score (nSPS) is 16.0. The van der Waals surface area contributed by atoms with Crippen LogP contribution in [0.3, 0.4) is 0 Å². The fourth-order valence-corrected chi connectivity index (χ4v) is 2.34. The molecule has 8 nitrogen and oxygen atoms in total. The number of carbonyl (C=O) groups excluding carboxylic acids is 2. The van der Waals surface area contributed by atoms with Crippen LogP contribution in [-0.2, 0) is 14.3 Å². The molecular formula is C15H20F2N4O4. The van der Waals surface area contributed by atoms with Crippen molar-refractivity contribution < 1.29 is 27.8 Å². The molecule has 1 heterocycles. The Morgan fingerprint density at radius 1 is 1.48 bits per heavy atom. The van der Waals surface area contributed by atoms with E-state index in [9.17, 15) is 18.4 Å². The monoisotopic (exact) mass is 358 g/mol. The minimum Gasteiger partial charge on any atom is -0.433 e. The van der Waals surface area contributed by atoms with Gasteiger partial charge in [-0.05, 0) is 19.2 Å². The van der Waals surface area contributed by atoms with Crippen LogP contribution in [-0.4, -0.2) is 57.8 Å². The van der Waals surface area contributed by atoms with Crippen LogP contribution in [0.4, 0.5) is 20.2 Å². The molecule has 2 rings (SSSR count). The lowest BCUT2D eigenvalue weighted by Crippen LogP contribution is -2.44. The number of benzene rings is 1. The van der Waals surface area contributed by atoms with Crippen molar-refractivity contribution in [2.24, 2.45) is 5.73 Å². The largest absolute Gasteiger partial charge is 0.433 e. The van der Waals surface area contributed by atoms with Crippen LogP contribution in [0.15, 0.2) is 18.2 Å². The molecule has 0 bridgehead atoms. The second kappa shape index (κ2) is 8.70. The lowest BCUT2D eigenvalue weighted by molar-refractivity contribution is -0.125. The van der Waals surface area contributed by atoms with Crippen LogP contribution < -0.4 is 26.0 Å². The second-order valence-corrected chi connectivity index (χ2v) is 5.22. The molecule has 1 aromatic rings. The van der Waals surface area contributed by atoms with Crippen molar-refractivity contribution in [3.05, 3.63) is 18.2 Å². The van der Waals surface area contributed by atoms with Gasteiger partial charge in [0, 0.05) is 24.8 Å². The molecule has 4 N–H and O–H groups in total. The highest BCUT2D eigenvalue weighted by molar-refractivity contribution is 5.98. The maximum absolute atomic E-state index is 12.7. The number of anilines is 2. The SMILES string of the molecule is CN[C@H](CN)C(=O)Nc1ccc(N2CCOCC2=O)cc1OC(F)F. The van der Waals surface area contributed by atoms with E-state index in [2.05, 4.69) is 15.4 Å². The number of rotatable bonds is 7. The Labute approximate surface area is 143 Å². The first-order valence-electron chi connectivity index (χ1n) is 7.61. The maximum atomic E-state index is 12.7. The van der Waals surface area contributed by atoms with E-state index in [0.717, 1.165) is 0 Å². The van der Waals surface area contributed by atoms with Gasteiger partial charge in [-0.3, -0.25) is 9.59 Å². The first-order valence-corrected chi connectivity index (χ1v) is 7.61. The van der Waals surface area contributed by atoms with Crippen molar-refractivity contribution in [2.45, 2.75) is 12.7 Å². The van der Waals surface area contributed by atoms with Gasteiger partial charge in [-0.1, -0.05) is 0 Å². The van der Waals surface area contributed by atoms with Gasteiger partial charge in [0.1, 0.15) is 6.61 Å². The molecule has 0 aliphatic carbocycles. The summed E-state index contributed by atoms with van der Waals surface area (Å²) in [6.07, 6.45) is 0. The third-order valence-electron chi connectivity index (χ3n) is 3.64. The molecule has 0 saturated carbocycles. The predicted octanol–water partition coefficient (Wildman–Crippen LogP) is 0.136. The van der Waals surface area contributed by atoms with Gasteiger partial charge in [-0.2, -0.15) is 8.78 Å². The van der Waals surface area contributed by atoms with Crippen LogP contribution >= 0.6 is 0 Å². The number of hydrogen-bond donors (Lipinski definition) is 3. The summed E-state index contributed by atoms with van der Waals surface area (Å²) >= 11 is 0. The van der Waals surface area contributed by atoms with Crippen molar-refractivity contribution >= 4 is 23.2 Å². The van der Waals surface area contributed by atoms with Crippen molar-refractivity contribution in [3.8, 4) is 5.75 Å². The number of morpholine rings is 1. The topological polar surface area (TPSA) is 106 Å². The molecule has 1 fully saturated rings. The van der Waals surface area contributed by atoms with Crippen LogP contribution in [0, 0.1) is 0 Å². The predicted molar refractivity (Wildman–Crippen MR) is 86.8 cm³/mol. The van der Waals surface area contributed by atoms with Gasteiger partial charge in [0.25, 0.3) is 5.91 Å². The number of ether oxygens (including phenoxy) is 2. The van der Waals surface area contributed by atoms with E-state index in [1.165, 1.54) is 23.1 Å². The Morgan fingerprint density at radius 3 is 2.84 bits per heavy atom. The van der Waals surface area contributed by atoms with E-state index in [0.29, 0.717) is 18.8 Å². The zero-order valence-electron chi connectivity index (χ0n) is 13.6. The number of alkyl halides is 2. The Balaban J connectivity index is 2.27. The van der Waals surface area contributed by atoms with Gasteiger partial charge in [-0.25, -0.2) is 0 Å². The second-order valence-electron chi connectivity index (χ2n) is 5.22. The van der Waals surface area contributed by atoms with E-state index >= 15 is 0 Å². The molecule has 1 saturated heterocycles. The third-order valence-corrected chi connectivity index (χ3v) is 3.64. The highest BCUT2D eigenvalue weighted by Gasteiger charge is 2.23. The fraction of sp³-hybridized carbons (Fsp3) is 0.467. The van der Waals surface area contributed by atoms with Crippen molar-refractivity contribution in [2.75, 3.05) is 43.6 Å². The summed E-state index contributed by atoms with van der Waals surface area (Å²) in [6, 6.07) is 3.53. The molecule has 1 aromatic carbocycles. The number of likely N-dealkylation sites (N-methyl/N-ethyl adjacent to an activating group) is 1. The zero-order chi connectivity index (χ0) is 18.4. The summed E-state index contributed by atoms with van der Waals surface area (Å²) < 4.78 is 35.0. The summed E-state index contributed by atoms with van der Waals surface area (Å²) in [4.78, 5) is 25.4. The summed E-state index contributed by atoms with van der Waals surface area (Å²) in [7, 11) is 1.56. The summed E-state index contributed by atoms with van der Waals surface area (Å²) in [5.74, 6) is -1.02. The van der Waals surface area contributed by atoms with Crippen molar-refractivity contribution in [3.63, 3.8) is 0 Å². The molecule has 1 atom stereocenters. The molecule has 0 spiro atoms. The first kappa shape index (κ1) is 19.0. The minimum atomic E-state index is -3.08. The Hall–Kier alpha value is -2.30. The van der Waals surface area contributed by atoms with E-state index in [1.807, 2.05) is 0 Å². The summed E-state index contributed by atoms with van der Waals surface area (Å²) in [6.45, 7) is -2.48. The van der Waals surface area contributed by atoms with Crippen LogP contribution in [0.5, 0.6) is 5.75 Å². The van der Waals surface area contributed by atoms with E-state index in [1.54, 1.807) is 7.05 Å². The number of amides is 2. The van der Waals surface area contributed by atoms with Gasteiger partial charge in [-0.15, -0.1) is 0 Å². The molecule has 10 heteroatoms. The minimum absolute atomic E-state index is 0.0355. The standard InChI is InChI=1S/C15H20F2N4O4/c1-19-11(7-18)14(23)20-10-3-2-9(6-12(10)25-15(16)17)21-4-5-24-8-13(21)22/h2-3,6,11,15,19H,4-5,7-8,18H2,1H3,(H,20,23)/t11-/m1/s1. The summed E-state index contributed by atoms with van der Waals surface area (Å²) in [5, 5.41) is 5.20. The Kier molecular flexibility index (Phi) is 6.62. The fourth-order valence-electron chi connectivity index (χ4n) is 2.34. The maximum Gasteiger partial charge on any atom is 0.387 e. The quantitative estimate of drug-likeness (QED) is 0.640. The molecule has 0 aromatic heterocycles. The molecule has 138 valence electrons. The van der Waals surface area contributed by atoms with Crippen LogP contribution in [0.25, 0.3) is 0 Å². The number of halogens is 2. The van der Waals surface area contributed by atoms with E-state index < -0.39 is 18.6 Å². The number of hydrogen-bond acceptors (Lipinski definition) is 6. The van der Waals surface area contributed by atoms with Crippen LogP contribution in [0.2, 0.25) is 0 Å². The smallest absolute Gasteiger partial charge is 0.387 e. The van der Waals surface area contributed by atoms with E-state index in [4.69, 9.17) is 10.5 Å². The zero-order valence-corrected chi connectivity index (χ0v) is 13.6. The van der Waals surface area contributed by atoms with Gasteiger partial charge < -0.3 is 30.7 Å². The molecule has 0 radical (unpaired) electrons. The van der Waals surface area contributed by atoms with Gasteiger partial charge in [0.15, 0.2) is 5.75 Å². The molecule has 0 unspecified atom stereocenters. The highest BCUT2D eigenvalue weighted by Crippen LogP contribution is 2.32. The van der Waals surface area contributed by atoms with Crippen molar-refractivity contribution in [1.29, 1.82) is 0 Å². The van der Waals surface area contributed by atoms with E-state index in [-0.39, 0.29) is 30.5 Å². The van der Waals surface area contributed by atoms with Crippen LogP contribution in [0.1, 0.15) is 0 Å². The number of nitrogens with two attached hydrogens (primary N) is 1. The molecule has 2 amide bonds. The van der Waals surface area contributed by atoms with Gasteiger partial charge in [0.05, 0.1) is 18.3 Å². The lowest BCUT2D eigenvalue weighted by Gasteiger charge is -2.27. The molecule has 25 heavy (non-hydrogen) atoms. The van der Waals surface area contributed by atoms with Gasteiger partial charge >= 0.3 is 6.61 Å². The molecule has 1 aliphatic rings. The first-order chi connectivity index (χ1) is 12.0. The Morgan fingerprint density at radius 2 is 2.24 bits per heavy atom. The van der Waals surface area contributed by atoms with Crippen molar-refractivity contribution in [1.82, 2.24) is 5.32 Å². The average Bonchev–Trinajstić information content (AvgIpc) is 2.57. The average molecular weight is 358 g/mol. The summed E-state index contributed by atoms with van der Waals surface area (Å²) in [5.41, 5.74) is 5.90. The number of carbonyl (C=O) groups is 2. The van der Waals surface area contributed by atoms with Gasteiger partial charge in [0.2, 0.25) is 5.91 Å². The molecular weight excluding hydrogens is 338 g/mol. The number of nitrogens with zero attached hydrogens (tertiary/aromatic N) is 1. The third kappa shape index (κ3) is 4.84.